The van der Waals surface area contributed by atoms with Gasteiger partial charge in [0.1, 0.15) is 5.75 Å². The van der Waals surface area contributed by atoms with Crippen molar-refractivity contribution in [2.45, 2.75) is 19.9 Å². The molecule has 1 aromatic carbocycles. The Kier molecular flexibility index (Phi) is 8.42. The van der Waals surface area contributed by atoms with E-state index < -0.39 is 12.0 Å². The van der Waals surface area contributed by atoms with Crippen molar-refractivity contribution in [2.24, 2.45) is 11.7 Å². The van der Waals surface area contributed by atoms with Gasteiger partial charge >= 0.3 is 5.97 Å². The quantitative estimate of drug-likeness (QED) is 0.778. The molecule has 0 saturated carbocycles. The number of hydrogen-bond acceptors (Lipinski definition) is 5. The molecule has 7 heteroatoms. The van der Waals surface area contributed by atoms with Crippen LogP contribution >= 0.6 is 12.4 Å². The van der Waals surface area contributed by atoms with E-state index in [2.05, 4.69) is 10.1 Å². The number of esters is 1. The molecule has 0 bridgehead atoms. The molecule has 0 aromatic heterocycles. The Balaban J connectivity index is 0.00000400. The van der Waals surface area contributed by atoms with Crippen LogP contribution in [0.5, 0.6) is 5.75 Å². The lowest BCUT2D eigenvalue weighted by molar-refractivity contribution is -0.142. The average Bonchev–Trinajstić information content (AvgIpc) is 2.45. The molecule has 0 unspecified atom stereocenters. The number of carbonyl (C=O) groups excluding carboxylic acids is 2. The molecule has 1 amide bonds. The first-order chi connectivity index (χ1) is 9.43. The molecule has 0 aliphatic heterocycles. The van der Waals surface area contributed by atoms with Gasteiger partial charge in [0.15, 0.2) is 6.61 Å². The summed E-state index contributed by atoms with van der Waals surface area (Å²) < 4.78 is 9.65. The van der Waals surface area contributed by atoms with E-state index in [0.29, 0.717) is 11.4 Å². The Morgan fingerprint density at radius 2 is 1.81 bits per heavy atom. The van der Waals surface area contributed by atoms with E-state index in [-0.39, 0.29) is 30.8 Å². The van der Waals surface area contributed by atoms with Gasteiger partial charge in [-0.15, -0.1) is 12.4 Å². The Morgan fingerprint density at radius 3 is 2.29 bits per heavy atom. The van der Waals surface area contributed by atoms with Crippen LogP contribution in [-0.2, 0) is 14.3 Å². The van der Waals surface area contributed by atoms with E-state index in [1.165, 1.54) is 7.11 Å². The highest BCUT2D eigenvalue weighted by Gasteiger charge is 2.17. The normalized spacial score (nSPS) is 11.3. The van der Waals surface area contributed by atoms with Gasteiger partial charge < -0.3 is 20.5 Å². The first kappa shape index (κ1) is 19.2. The SMILES string of the molecule is COC(=O)COc1ccc(NC(=O)[C@H](N)C(C)C)cc1.Cl. The molecule has 3 N–H and O–H groups in total. The molecule has 0 spiro atoms. The molecular weight excluding hydrogens is 296 g/mol. The minimum absolute atomic E-state index is 0. The second kappa shape index (κ2) is 9.20. The van der Waals surface area contributed by atoms with Gasteiger partial charge in [0.2, 0.25) is 5.91 Å². The molecule has 0 fully saturated rings. The van der Waals surface area contributed by atoms with Gasteiger partial charge in [-0.05, 0) is 30.2 Å². The van der Waals surface area contributed by atoms with E-state index >= 15 is 0 Å². The van der Waals surface area contributed by atoms with Gasteiger partial charge in [0.25, 0.3) is 0 Å². The van der Waals surface area contributed by atoms with Gasteiger partial charge in [-0.3, -0.25) is 4.79 Å². The van der Waals surface area contributed by atoms with Crippen molar-refractivity contribution in [3.05, 3.63) is 24.3 Å². The van der Waals surface area contributed by atoms with Gasteiger partial charge in [-0.25, -0.2) is 4.79 Å². The third-order valence-electron chi connectivity index (χ3n) is 2.73. The lowest BCUT2D eigenvalue weighted by Crippen LogP contribution is -2.39. The molecule has 118 valence electrons. The molecule has 0 aliphatic carbocycles. The Bertz CT molecular complexity index is 463. The number of rotatable bonds is 6. The second-order valence-corrected chi connectivity index (χ2v) is 4.65. The number of anilines is 1. The van der Waals surface area contributed by atoms with Gasteiger partial charge in [-0.1, -0.05) is 13.8 Å². The highest BCUT2D eigenvalue weighted by Crippen LogP contribution is 2.16. The van der Waals surface area contributed by atoms with Crippen LogP contribution in [0, 0.1) is 5.92 Å². The monoisotopic (exact) mass is 316 g/mol. The third-order valence-corrected chi connectivity index (χ3v) is 2.73. The summed E-state index contributed by atoms with van der Waals surface area (Å²) in [7, 11) is 1.29. The molecular formula is C14H21ClN2O4. The van der Waals surface area contributed by atoms with Crippen molar-refractivity contribution in [2.75, 3.05) is 19.0 Å². The summed E-state index contributed by atoms with van der Waals surface area (Å²) in [6.45, 7) is 3.61. The molecule has 1 aromatic rings. The van der Waals surface area contributed by atoms with Crippen LogP contribution in [0.4, 0.5) is 5.69 Å². The zero-order valence-electron chi connectivity index (χ0n) is 12.3. The maximum atomic E-state index is 11.8. The van der Waals surface area contributed by atoms with Crippen molar-refractivity contribution in [1.29, 1.82) is 0 Å². The first-order valence-electron chi connectivity index (χ1n) is 6.30. The van der Waals surface area contributed by atoms with Crippen LogP contribution in [0.15, 0.2) is 24.3 Å². The van der Waals surface area contributed by atoms with Crippen molar-refractivity contribution in [3.8, 4) is 5.75 Å². The van der Waals surface area contributed by atoms with E-state index in [9.17, 15) is 9.59 Å². The Morgan fingerprint density at radius 1 is 1.24 bits per heavy atom. The number of hydrogen-bond donors (Lipinski definition) is 2. The fourth-order valence-electron chi connectivity index (χ4n) is 1.36. The number of nitrogens with two attached hydrogens (primary N) is 1. The minimum Gasteiger partial charge on any atom is -0.482 e. The van der Waals surface area contributed by atoms with E-state index in [1.807, 2.05) is 13.8 Å². The molecule has 6 nitrogen and oxygen atoms in total. The summed E-state index contributed by atoms with van der Waals surface area (Å²) in [6.07, 6.45) is 0. The van der Waals surface area contributed by atoms with Crippen LogP contribution < -0.4 is 15.8 Å². The number of carbonyl (C=O) groups is 2. The summed E-state index contributed by atoms with van der Waals surface area (Å²) >= 11 is 0. The molecule has 21 heavy (non-hydrogen) atoms. The first-order valence-corrected chi connectivity index (χ1v) is 6.30. The Labute approximate surface area is 130 Å². The van der Waals surface area contributed by atoms with Crippen molar-refractivity contribution < 1.29 is 19.1 Å². The largest absolute Gasteiger partial charge is 0.482 e. The minimum atomic E-state index is -0.551. The van der Waals surface area contributed by atoms with Gasteiger partial charge in [0.05, 0.1) is 13.2 Å². The maximum absolute atomic E-state index is 11.8. The van der Waals surface area contributed by atoms with Crippen LogP contribution in [-0.4, -0.2) is 31.6 Å². The van der Waals surface area contributed by atoms with Crippen molar-refractivity contribution in [1.82, 2.24) is 0 Å². The summed E-state index contributed by atoms with van der Waals surface area (Å²) in [5, 5.41) is 2.72. The summed E-state index contributed by atoms with van der Waals surface area (Å²) in [5.41, 5.74) is 6.37. The van der Waals surface area contributed by atoms with Crippen molar-refractivity contribution in [3.63, 3.8) is 0 Å². The number of ether oxygens (including phenoxy) is 2. The maximum Gasteiger partial charge on any atom is 0.343 e. The smallest absolute Gasteiger partial charge is 0.343 e. The zero-order chi connectivity index (χ0) is 15.1. The van der Waals surface area contributed by atoms with Crippen LogP contribution in [0.2, 0.25) is 0 Å². The number of methoxy groups -OCH3 is 1. The standard InChI is InChI=1S/C14H20N2O4.ClH/c1-9(2)13(15)14(18)16-10-4-6-11(7-5-10)20-8-12(17)19-3;/h4-7,9,13H,8,15H2,1-3H3,(H,16,18);1H/t13-;/m1./s1. The van der Waals surface area contributed by atoms with Crippen LogP contribution in [0.25, 0.3) is 0 Å². The lowest BCUT2D eigenvalue weighted by Gasteiger charge is -2.15. The number of nitrogens with one attached hydrogen (secondary N) is 1. The summed E-state index contributed by atoms with van der Waals surface area (Å²) in [5.74, 6) is -0.104. The zero-order valence-corrected chi connectivity index (χ0v) is 13.1. The number of amides is 1. The predicted octanol–water partition coefficient (Wildman–Crippen LogP) is 1.58. The lowest BCUT2D eigenvalue weighted by atomic mass is 10.1. The van der Waals surface area contributed by atoms with E-state index in [4.69, 9.17) is 10.5 Å². The van der Waals surface area contributed by atoms with Crippen LogP contribution in [0.1, 0.15) is 13.8 Å². The molecule has 0 aliphatic rings. The fraction of sp³-hybridized carbons (Fsp3) is 0.429. The molecule has 1 rings (SSSR count). The molecule has 0 heterocycles. The summed E-state index contributed by atoms with van der Waals surface area (Å²) in [6, 6.07) is 6.11. The topological polar surface area (TPSA) is 90.6 Å². The van der Waals surface area contributed by atoms with Gasteiger partial charge in [-0.2, -0.15) is 0 Å². The molecule has 1 atom stereocenters. The number of halogens is 1. The molecule has 0 radical (unpaired) electrons. The van der Waals surface area contributed by atoms with Gasteiger partial charge in [0, 0.05) is 5.69 Å². The summed E-state index contributed by atoms with van der Waals surface area (Å²) in [4.78, 5) is 22.7. The predicted molar refractivity (Wildman–Crippen MR) is 82.6 cm³/mol. The Hall–Kier alpha value is -1.79. The highest BCUT2D eigenvalue weighted by molar-refractivity contribution is 5.94. The third kappa shape index (κ3) is 6.46. The number of benzene rings is 1. The van der Waals surface area contributed by atoms with E-state index in [1.54, 1.807) is 24.3 Å². The molecule has 0 saturated heterocycles. The van der Waals surface area contributed by atoms with Crippen molar-refractivity contribution >= 4 is 30.0 Å². The average molecular weight is 317 g/mol. The highest BCUT2D eigenvalue weighted by atomic mass is 35.5. The van der Waals surface area contributed by atoms with Crippen LogP contribution in [0.3, 0.4) is 0 Å². The van der Waals surface area contributed by atoms with E-state index in [0.717, 1.165) is 0 Å². The fourth-order valence-corrected chi connectivity index (χ4v) is 1.36. The second-order valence-electron chi connectivity index (χ2n) is 4.65.